The van der Waals surface area contributed by atoms with Crippen LogP contribution < -0.4 is 19.7 Å². The summed E-state index contributed by atoms with van der Waals surface area (Å²) < 4.78 is 11.9. The SMILES string of the molecule is CCOc1ccccc1O[C@@H]1CCCN(c2cncc(NC(=O)Cc3ccc(CC(=O)O)cc3)n2)C1. The Bertz CT molecular complexity index is 1180. The van der Waals surface area contributed by atoms with E-state index >= 15 is 0 Å². The van der Waals surface area contributed by atoms with E-state index in [9.17, 15) is 9.59 Å². The molecule has 0 radical (unpaired) electrons. The third-order valence-electron chi connectivity index (χ3n) is 5.78. The van der Waals surface area contributed by atoms with E-state index < -0.39 is 5.97 Å². The number of ether oxygens (including phenoxy) is 2. The van der Waals surface area contributed by atoms with Crippen molar-refractivity contribution in [2.75, 3.05) is 29.9 Å². The molecule has 3 aromatic rings. The number of rotatable bonds is 10. The molecule has 0 aliphatic carbocycles. The lowest BCUT2D eigenvalue weighted by atomic mass is 10.1. The number of piperidine rings is 1. The van der Waals surface area contributed by atoms with Crippen LogP contribution >= 0.6 is 0 Å². The number of nitrogens with one attached hydrogen (secondary N) is 1. The zero-order chi connectivity index (χ0) is 25.3. The third kappa shape index (κ3) is 6.94. The Labute approximate surface area is 210 Å². The fourth-order valence-corrected chi connectivity index (χ4v) is 4.13. The highest BCUT2D eigenvalue weighted by Crippen LogP contribution is 2.30. The second-order valence-corrected chi connectivity index (χ2v) is 8.58. The van der Waals surface area contributed by atoms with Gasteiger partial charge in [0.15, 0.2) is 17.3 Å². The van der Waals surface area contributed by atoms with Crippen LogP contribution in [0.25, 0.3) is 0 Å². The minimum absolute atomic E-state index is 0.0236. The monoisotopic (exact) mass is 490 g/mol. The Morgan fingerprint density at radius 2 is 1.78 bits per heavy atom. The van der Waals surface area contributed by atoms with E-state index in [1.165, 1.54) is 6.20 Å². The van der Waals surface area contributed by atoms with Gasteiger partial charge in [0.1, 0.15) is 11.9 Å². The average molecular weight is 491 g/mol. The van der Waals surface area contributed by atoms with E-state index in [0.29, 0.717) is 30.4 Å². The van der Waals surface area contributed by atoms with Crippen LogP contribution in [0.2, 0.25) is 0 Å². The van der Waals surface area contributed by atoms with Crippen molar-refractivity contribution < 1.29 is 24.2 Å². The highest BCUT2D eigenvalue weighted by molar-refractivity contribution is 5.91. The number of carbonyl (C=O) groups excluding carboxylic acids is 1. The van der Waals surface area contributed by atoms with Crippen LogP contribution in [0.3, 0.4) is 0 Å². The summed E-state index contributed by atoms with van der Waals surface area (Å²) in [6, 6.07) is 14.6. The van der Waals surface area contributed by atoms with Gasteiger partial charge in [-0.1, -0.05) is 36.4 Å². The van der Waals surface area contributed by atoms with Crippen LogP contribution in [-0.4, -0.2) is 52.8 Å². The number of aliphatic carboxylic acids is 1. The van der Waals surface area contributed by atoms with E-state index in [0.717, 1.165) is 36.4 Å². The number of para-hydroxylation sites is 2. The van der Waals surface area contributed by atoms with Gasteiger partial charge in [-0.2, -0.15) is 0 Å². The van der Waals surface area contributed by atoms with Gasteiger partial charge in [-0.15, -0.1) is 0 Å². The minimum atomic E-state index is -0.888. The molecule has 2 N–H and O–H groups in total. The highest BCUT2D eigenvalue weighted by atomic mass is 16.5. The molecule has 0 saturated carbocycles. The molecule has 4 rings (SSSR count). The first-order valence-corrected chi connectivity index (χ1v) is 12.0. The normalized spacial score (nSPS) is 15.2. The summed E-state index contributed by atoms with van der Waals surface area (Å²) in [5, 5.41) is 11.7. The van der Waals surface area contributed by atoms with Gasteiger partial charge in [0.25, 0.3) is 0 Å². The molecule has 0 unspecified atom stereocenters. The van der Waals surface area contributed by atoms with Crippen molar-refractivity contribution in [3.63, 3.8) is 0 Å². The van der Waals surface area contributed by atoms with Gasteiger partial charge >= 0.3 is 5.97 Å². The van der Waals surface area contributed by atoms with Gasteiger partial charge in [-0.25, -0.2) is 4.98 Å². The zero-order valence-electron chi connectivity index (χ0n) is 20.2. The number of benzene rings is 2. The van der Waals surface area contributed by atoms with Crippen LogP contribution in [0, 0.1) is 0 Å². The summed E-state index contributed by atoms with van der Waals surface area (Å²) in [5.74, 6) is 1.41. The van der Waals surface area contributed by atoms with Gasteiger partial charge < -0.3 is 24.8 Å². The molecule has 188 valence electrons. The van der Waals surface area contributed by atoms with Gasteiger partial charge in [0.05, 0.1) is 38.4 Å². The Morgan fingerprint density at radius 3 is 2.50 bits per heavy atom. The summed E-state index contributed by atoms with van der Waals surface area (Å²) in [6.07, 6.45) is 5.16. The van der Waals surface area contributed by atoms with E-state index in [2.05, 4.69) is 20.2 Å². The fourth-order valence-electron chi connectivity index (χ4n) is 4.13. The molecule has 1 atom stereocenters. The minimum Gasteiger partial charge on any atom is -0.490 e. The standard InChI is InChI=1S/C27H30N4O5/c1-2-35-22-7-3-4-8-23(22)36-21-6-5-13-31(18-21)25-17-28-16-24(29-25)30-26(32)14-19-9-11-20(12-10-19)15-27(33)34/h3-4,7-12,16-17,21H,2,5-6,13-15,18H2,1H3,(H,33,34)(H,29,30,32)/t21-/m1/s1. The first-order chi connectivity index (χ1) is 17.5. The maximum absolute atomic E-state index is 12.6. The summed E-state index contributed by atoms with van der Waals surface area (Å²) in [6.45, 7) is 3.99. The quantitative estimate of drug-likeness (QED) is 0.442. The lowest BCUT2D eigenvalue weighted by molar-refractivity contribution is -0.136. The molecule has 1 saturated heterocycles. The van der Waals surface area contributed by atoms with Crippen LogP contribution in [0.4, 0.5) is 11.6 Å². The Kier molecular flexibility index (Phi) is 8.33. The number of carboxylic acids is 1. The predicted octanol–water partition coefficient (Wildman–Crippen LogP) is 3.73. The molecule has 9 nitrogen and oxygen atoms in total. The number of anilines is 2. The summed E-state index contributed by atoms with van der Waals surface area (Å²) in [4.78, 5) is 34.4. The molecule has 1 amide bonds. The zero-order valence-corrected chi connectivity index (χ0v) is 20.2. The smallest absolute Gasteiger partial charge is 0.307 e. The summed E-state index contributed by atoms with van der Waals surface area (Å²) in [7, 11) is 0. The molecule has 1 aliphatic rings. The van der Waals surface area contributed by atoms with Gasteiger partial charge in [-0.05, 0) is 43.0 Å². The summed E-state index contributed by atoms with van der Waals surface area (Å²) >= 11 is 0. The Balaban J connectivity index is 1.35. The molecule has 1 aliphatic heterocycles. The van der Waals surface area contributed by atoms with E-state index in [1.54, 1.807) is 30.5 Å². The number of nitrogens with zero attached hydrogens (tertiary/aromatic N) is 3. The van der Waals surface area contributed by atoms with Gasteiger partial charge in [-0.3, -0.25) is 14.6 Å². The second-order valence-electron chi connectivity index (χ2n) is 8.58. The Hall–Kier alpha value is -4.14. The van der Waals surface area contributed by atoms with Crippen LogP contribution in [-0.2, 0) is 22.4 Å². The first kappa shape index (κ1) is 25.0. The molecular weight excluding hydrogens is 460 g/mol. The molecule has 1 fully saturated rings. The summed E-state index contributed by atoms with van der Waals surface area (Å²) in [5.41, 5.74) is 1.48. The van der Waals surface area contributed by atoms with Crippen molar-refractivity contribution in [2.45, 2.75) is 38.7 Å². The molecule has 2 heterocycles. The molecular formula is C27H30N4O5. The van der Waals surface area contributed by atoms with Crippen molar-refractivity contribution in [1.29, 1.82) is 0 Å². The number of carboxylic acid groups (broad SMARTS) is 1. The van der Waals surface area contributed by atoms with E-state index in [-0.39, 0.29) is 24.9 Å². The van der Waals surface area contributed by atoms with Crippen molar-refractivity contribution in [3.05, 3.63) is 72.1 Å². The van der Waals surface area contributed by atoms with Crippen LogP contribution in [0.15, 0.2) is 60.9 Å². The predicted molar refractivity (Wildman–Crippen MR) is 136 cm³/mol. The molecule has 1 aromatic heterocycles. The maximum Gasteiger partial charge on any atom is 0.307 e. The molecule has 36 heavy (non-hydrogen) atoms. The number of hydrogen-bond acceptors (Lipinski definition) is 7. The van der Waals surface area contributed by atoms with Crippen LogP contribution in [0.1, 0.15) is 30.9 Å². The largest absolute Gasteiger partial charge is 0.490 e. The van der Waals surface area contributed by atoms with Gasteiger partial charge in [0.2, 0.25) is 5.91 Å². The maximum atomic E-state index is 12.6. The number of aromatic nitrogens is 2. The highest BCUT2D eigenvalue weighted by Gasteiger charge is 2.24. The van der Waals surface area contributed by atoms with Crippen molar-refractivity contribution >= 4 is 23.5 Å². The topological polar surface area (TPSA) is 114 Å². The van der Waals surface area contributed by atoms with Crippen molar-refractivity contribution in [2.24, 2.45) is 0 Å². The molecule has 0 spiro atoms. The fraction of sp³-hybridized carbons (Fsp3) is 0.333. The lowest BCUT2D eigenvalue weighted by Crippen LogP contribution is -2.41. The van der Waals surface area contributed by atoms with Crippen LogP contribution in [0.5, 0.6) is 11.5 Å². The van der Waals surface area contributed by atoms with E-state index in [1.807, 2.05) is 31.2 Å². The Morgan fingerprint density at radius 1 is 1.06 bits per heavy atom. The second kappa shape index (κ2) is 12.0. The molecule has 9 heteroatoms. The first-order valence-electron chi connectivity index (χ1n) is 12.0. The van der Waals surface area contributed by atoms with E-state index in [4.69, 9.17) is 14.6 Å². The third-order valence-corrected chi connectivity index (χ3v) is 5.78. The van der Waals surface area contributed by atoms with Crippen molar-refractivity contribution in [3.8, 4) is 11.5 Å². The average Bonchev–Trinajstić information content (AvgIpc) is 2.87. The molecule has 2 aromatic carbocycles. The lowest BCUT2D eigenvalue weighted by Gasteiger charge is -2.33. The van der Waals surface area contributed by atoms with Crippen molar-refractivity contribution in [1.82, 2.24) is 9.97 Å². The number of hydrogen-bond donors (Lipinski definition) is 2. The number of amides is 1. The molecule has 0 bridgehead atoms. The number of carbonyl (C=O) groups is 2. The van der Waals surface area contributed by atoms with Gasteiger partial charge in [0, 0.05) is 6.54 Å².